The van der Waals surface area contributed by atoms with E-state index in [1.807, 2.05) is 72.1 Å². The molecule has 0 atom stereocenters. The van der Waals surface area contributed by atoms with Crippen LogP contribution in [0.5, 0.6) is 0 Å². The first kappa shape index (κ1) is 22.8. The van der Waals surface area contributed by atoms with Gasteiger partial charge in [-0.3, -0.25) is 4.79 Å². The number of carbonyl (C=O) groups excluding carboxylic acids is 2. The van der Waals surface area contributed by atoms with Crippen LogP contribution in [0.2, 0.25) is 5.02 Å². The fourth-order valence-electron chi connectivity index (χ4n) is 2.84. The van der Waals surface area contributed by atoms with Crippen LogP contribution in [-0.2, 0) is 4.79 Å². The molecule has 4 rings (SSSR count). The summed E-state index contributed by atoms with van der Waals surface area (Å²) in [7, 11) is 0. The van der Waals surface area contributed by atoms with Crippen LogP contribution in [0.4, 0.5) is 21.3 Å². The van der Waals surface area contributed by atoms with Gasteiger partial charge in [0, 0.05) is 32.2 Å². The van der Waals surface area contributed by atoms with Crippen LogP contribution in [0.1, 0.15) is 0 Å². The Hall–Kier alpha value is -3.33. The molecule has 0 bridgehead atoms. The number of nitrogens with zero attached hydrogens (tertiary/aromatic N) is 1. The number of carbonyl (C=O) groups is 2. The molecule has 0 unspecified atom stereocenters. The number of rotatable bonds is 7. The van der Waals surface area contributed by atoms with Crippen molar-refractivity contribution in [1.29, 1.82) is 0 Å². The van der Waals surface area contributed by atoms with Gasteiger partial charge in [-0.25, -0.2) is 9.78 Å². The van der Waals surface area contributed by atoms with E-state index in [0.29, 0.717) is 21.5 Å². The van der Waals surface area contributed by atoms with Gasteiger partial charge in [0.15, 0.2) is 5.13 Å². The molecule has 3 aromatic carbocycles. The molecule has 0 saturated carbocycles. The maximum Gasteiger partial charge on any atom is 0.323 e. The quantitative estimate of drug-likeness (QED) is 0.246. The van der Waals surface area contributed by atoms with Crippen LogP contribution in [0.15, 0.2) is 89.1 Å². The Bertz CT molecular complexity index is 1230. The van der Waals surface area contributed by atoms with Crippen LogP contribution in [0, 0.1) is 0 Å². The highest BCUT2D eigenvalue weighted by Gasteiger charge is 2.09. The second-order valence-electron chi connectivity index (χ2n) is 6.85. The fourth-order valence-corrected chi connectivity index (χ4v) is 4.40. The summed E-state index contributed by atoms with van der Waals surface area (Å²) in [6.07, 6.45) is 0. The number of hydrogen-bond donors (Lipinski definition) is 3. The molecule has 6 nitrogen and oxygen atoms in total. The number of hydrogen-bond acceptors (Lipinski definition) is 5. The van der Waals surface area contributed by atoms with Crippen molar-refractivity contribution in [3.63, 3.8) is 0 Å². The van der Waals surface area contributed by atoms with Crippen LogP contribution >= 0.6 is 34.7 Å². The van der Waals surface area contributed by atoms with Crippen LogP contribution in [-0.4, -0.2) is 22.7 Å². The summed E-state index contributed by atoms with van der Waals surface area (Å²) < 4.78 is 0. The molecule has 3 N–H and O–H groups in total. The van der Waals surface area contributed by atoms with E-state index in [1.165, 1.54) is 23.1 Å². The molecular weight excluding hydrogens is 476 g/mol. The van der Waals surface area contributed by atoms with E-state index in [4.69, 9.17) is 11.6 Å². The lowest BCUT2D eigenvalue weighted by Crippen LogP contribution is -2.19. The highest BCUT2D eigenvalue weighted by atomic mass is 35.5. The van der Waals surface area contributed by atoms with Gasteiger partial charge in [-0.1, -0.05) is 41.9 Å². The zero-order valence-electron chi connectivity index (χ0n) is 17.2. The monoisotopic (exact) mass is 494 g/mol. The number of halogens is 1. The van der Waals surface area contributed by atoms with E-state index in [9.17, 15) is 9.59 Å². The molecule has 33 heavy (non-hydrogen) atoms. The Morgan fingerprint density at radius 1 is 0.848 bits per heavy atom. The smallest absolute Gasteiger partial charge is 0.308 e. The lowest BCUT2D eigenvalue weighted by atomic mass is 10.2. The van der Waals surface area contributed by atoms with E-state index in [2.05, 4.69) is 20.9 Å². The molecule has 0 radical (unpaired) electrons. The lowest BCUT2D eigenvalue weighted by Gasteiger charge is -2.08. The summed E-state index contributed by atoms with van der Waals surface area (Å²) >= 11 is 8.70. The van der Waals surface area contributed by atoms with E-state index >= 15 is 0 Å². The Balaban J connectivity index is 1.24. The second-order valence-corrected chi connectivity index (χ2v) is 9.19. The van der Waals surface area contributed by atoms with Crippen molar-refractivity contribution in [3.8, 4) is 11.3 Å². The lowest BCUT2D eigenvalue weighted by molar-refractivity contribution is -0.113. The van der Waals surface area contributed by atoms with Gasteiger partial charge in [0.25, 0.3) is 0 Å². The van der Waals surface area contributed by atoms with Gasteiger partial charge in [-0.05, 0) is 48.5 Å². The minimum Gasteiger partial charge on any atom is -0.308 e. The van der Waals surface area contributed by atoms with Gasteiger partial charge in [-0.15, -0.1) is 23.1 Å². The first-order valence-corrected chi connectivity index (χ1v) is 12.2. The summed E-state index contributed by atoms with van der Waals surface area (Å²) in [4.78, 5) is 29.8. The van der Waals surface area contributed by atoms with Crippen molar-refractivity contribution in [2.45, 2.75) is 4.90 Å². The summed E-state index contributed by atoms with van der Waals surface area (Å²) in [5, 5.41) is 11.5. The molecule has 0 aliphatic carbocycles. The largest absolute Gasteiger partial charge is 0.323 e. The van der Waals surface area contributed by atoms with Gasteiger partial charge >= 0.3 is 6.03 Å². The van der Waals surface area contributed by atoms with Crippen LogP contribution < -0.4 is 16.0 Å². The van der Waals surface area contributed by atoms with Gasteiger partial charge in [-0.2, -0.15) is 0 Å². The molecule has 0 aliphatic rings. The average molecular weight is 495 g/mol. The third-order valence-corrected chi connectivity index (χ3v) is 6.43. The molecule has 1 heterocycles. The Morgan fingerprint density at radius 2 is 1.52 bits per heavy atom. The van der Waals surface area contributed by atoms with Crippen LogP contribution in [0.3, 0.4) is 0 Å². The number of thiazole rings is 1. The number of amides is 3. The van der Waals surface area contributed by atoms with E-state index in [-0.39, 0.29) is 17.7 Å². The highest BCUT2D eigenvalue weighted by Crippen LogP contribution is 2.26. The average Bonchev–Trinajstić information content (AvgIpc) is 3.28. The first-order valence-electron chi connectivity index (χ1n) is 9.92. The molecule has 4 aromatic rings. The highest BCUT2D eigenvalue weighted by molar-refractivity contribution is 8.00. The summed E-state index contributed by atoms with van der Waals surface area (Å²) in [5.74, 6) is 0.110. The zero-order chi connectivity index (χ0) is 23.0. The van der Waals surface area contributed by atoms with Crippen molar-refractivity contribution in [2.75, 3.05) is 21.7 Å². The maximum absolute atomic E-state index is 12.3. The molecule has 166 valence electrons. The predicted octanol–water partition coefficient (Wildman–Crippen LogP) is 6.84. The molecule has 0 aliphatic heterocycles. The van der Waals surface area contributed by atoms with Gasteiger partial charge in [0.05, 0.1) is 11.4 Å². The van der Waals surface area contributed by atoms with Gasteiger partial charge in [0.2, 0.25) is 5.91 Å². The molecular formula is C24H19ClN4O2S2. The Labute approximate surface area is 204 Å². The molecule has 9 heteroatoms. The SMILES string of the molecule is O=C(CSc1ccc(NC(=O)Nc2ccccc2)cc1)Nc1nc(-c2ccc(Cl)cc2)cs1. The predicted molar refractivity (Wildman–Crippen MR) is 137 cm³/mol. The van der Waals surface area contributed by atoms with Crippen molar-refractivity contribution < 1.29 is 9.59 Å². The third kappa shape index (κ3) is 6.82. The number of nitrogens with one attached hydrogen (secondary N) is 3. The van der Waals surface area contributed by atoms with Gasteiger partial charge in [0.1, 0.15) is 0 Å². The van der Waals surface area contributed by atoms with Gasteiger partial charge < -0.3 is 16.0 Å². The minimum absolute atomic E-state index is 0.138. The third-order valence-electron chi connectivity index (χ3n) is 4.40. The normalized spacial score (nSPS) is 10.5. The number of aromatic nitrogens is 1. The van der Waals surface area contributed by atoms with Crippen LogP contribution in [0.25, 0.3) is 11.3 Å². The van der Waals surface area contributed by atoms with Crippen molar-refractivity contribution in [1.82, 2.24) is 4.98 Å². The molecule has 1 aromatic heterocycles. The molecule has 0 fully saturated rings. The number of benzene rings is 3. The minimum atomic E-state index is -0.317. The van der Waals surface area contributed by atoms with E-state index in [1.54, 1.807) is 12.1 Å². The molecule has 0 spiro atoms. The standard InChI is InChI=1S/C24H19ClN4O2S2/c25-17-8-6-16(7-9-17)21-14-33-24(28-21)29-22(30)15-32-20-12-10-19(11-13-20)27-23(31)26-18-4-2-1-3-5-18/h1-14H,15H2,(H2,26,27,31)(H,28,29,30). The number of para-hydroxylation sites is 1. The van der Waals surface area contributed by atoms with E-state index < -0.39 is 0 Å². The topological polar surface area (TPSA) is 83.1 Å². The molecule has 0 saturated heterocycles. The first-order chi connectivity index (χ1) is 16.0. The fraction of sp³-hybridized carbons (Fsp3) is 0.0417. The molecule has 3 amide bonds. The second kappa shape index (κ2) is 11.0. The zero-order valence-corrected chi connectivity index (χ0v) is 19.6. The summed E-state index contributed by atoms with van der Waals surface area (Å²) in [5.41, 5.74) is 3.11. The summed E-state index contributed by atoms with van der Waals surface area (Å²) in [6.45, 7) is 0. The number of anilines is 3. The van der Waals surface area contributed by atoms with Crippen molar-refractivity contribution in [2.24, 2.45) is 0 Å². The Morgan fingerprint density at radius 3 is 2.21 bits per heavy atom. The van der Waals surface area contributed by atoms with E-state index in [0.717, 1.165) is 16.2 Å². The maximum atomic E-state index is 12.3. The van der Waals surface area contributed by atoms with Crippen molar-refractivity contribution in [3.05, 3.63) is 89.3 Å². The van der Waals surface area contributed by atoms with Crippen molar-refractivity contribution >= 4 is 63.1 Å². The summed E-state index contributed by atoms with van der Waals surface area (Å²) in [6, 6.07) is 23.6. The number of urea groups is 1. The Kier molecular flexibility index (Phi) is 7.62. The number of thioether (sulfide) groups is 1.